The largest absolute Gasteiger partial charge is 0.337 e. The van der Waals surface area contributed by atoms with E-state index in [0.717, 1.165) is 23.3 Å². The number of nitrogens with one attached hydrogen (secondary N) is 1. The third kappa shape index (κ3) is 2.45. The van der Waals surface area contributed by atoms with Gasteiger partial charge in [-0.15, -0.1) is 0 Å². The van der Waals surface area contributed by atoms with Gasteiger partial charge in [-0.25, -0.2) is 4.79 Å². The molecule has 1 aliphatic carbocycles. The maximum absolute atomic E-state index is 12.6. The number of urea groups is 1. The Hall–Kier alpha value is -2.41. The van der Waals surface area contributed by atoms with Crippen LogP contribution in [0.25, 0.3) is 11.4 Å². The topological polar surface area (TPSA) is 88.3 Å². The second-order valence-electron chi connectivity index (χ2n) is 6.32. The number of carbonyl (C=O) groups excluding carboxylic acids is 2. The van der Waals surface area contributed by atoms with Gasteiger partial charge in [0.15, 0.2) is 0 Å². The Labute approximate surface area is 143 Å². The molecule has 2 aromatic rings. The molecule has 0 bridgehead atoms. The highest BCUT2D eigenvalue weighted by atomic mass is 35.5. The van der Waals surface area contributed by atoms with Gasteiger partial charge in [0.25, 0.3) is 5.91 Å². The lowest BCUT2D eigenvalue weighted by Crippen LogP contribution is -2.46. The van der Waals surface area contributed by atoms with Gasteiger partial charge in [0.2, 0.25) is 11.7 Å². The molecular weight excluding hydrogens is 332 g/mol. The van der Waals surface area contributed by atoms with Crippen LogP contribution in [0.5, 0.6) is 0 Å². The van der Waals surface area contributed by atoms with Crippen molar-refractivity contribution in [1.29, 1.82) is 0 Å². The Morgan fingerprint density at radius 2 is 2.04 bits per heavy atom. The second-order valence-corrected chi connectivity index (χ2v) is 6.75. The fourth-order valence-electron chi connectivity index (χ4n) is 2.97. The van der Waals surface area contributed by atoms with E-state index in [9.17, 15) is 9.59 Å². The molecule has 2 heterocycles. The van der Waals surface area contributed by atoms with Crippen LogP contribution in [0.3, 0.4) is 0 Å². The number of amides is 3. The fourth-order valence-corrected chi connectivity index (χ4v) is 3.09. The molecule has 2 fully saturated rings. The molecule has 1 saturated carbocycles. The number of hydrogen-bond donors (Lipinski definition) is 1. The fraction of sp³-hybridized carbons (Fsp3) is 0.375. The number of carbonyl (C=O) groups is 2. The number of rotatable bonds is 4. The highest BCUT2D eigenvalue weighted by Crippen LogP contribution is 2.42. The van der Waals surface area contributed by atoms with Crippen molar-refractivity contribution >= 4 is 23.5 Å². The first-order valence-electron chi connectivity index (χ1n) is 7.70. The third-order valence-electron chi connectivity index (χ3n) is 4.56. The Kier molecular flexibility index (Phi) is 3.35. The van der Waals surface area contributed by atoms with E-state index in [-0.39, 0.29) is 24.3 Å². The number of halogens is 1. The van der Waals surface area contributed by atoms with Gasteiger partial charge in [0, 0.05) is 10.6 Å². The van der Waals surface area contributed by atoms with Gasteiger partial charge in [-0.1, -0.05) is 16.8 Å². The zero-order chi connectivity index (χ0) is 16.9. The molecule has 8 heteroatoms. The van der Waals surface area contributed by atoms with Gasteiger partial charge >= 0.3 is 6.03 Å². The predicted molar refractivity (Wildman–Crippen MR) is 85.0 cm³/mol. The molecule has 1 aliphatic heterocycles. The van der Waals surface area contributed by atoms with Crippen LogP contribution in [0.4, 0.5) is 4.79 Å². The van der Waals surface area contributed by atoms with Gasteiger partial charge in [-0.2, -0.15) is 4.98 Å². The summed E-state index contributed by atoms with van der Waals surface area (Å²) >= 11 is 5.85. The Morgan fingerprint density at radius 3 is 2.71 bits per heavy atom. The van der Waals surface area contributed by atoms with Crippen molar-refractivity contribution in [2.24, 2.45) is 5.92 Å². The van der Waals surface area contributed by atoms with Gasteiger partial charge in [-0.3, -0.25) is 9.69 Å². The zero-order valence-corrected chi connectivity index (χ0v) is 13.7. The van der Waals surface area contributed by atoms with Gasteiger partial charge in [-0.05, 0) is 49.9 Å². The molecule has 1 unspecified atom stereocenters. The van der Waals surface area contributed by atoms with Crippen LogP contribution < -0.4 is 5.32 Å². The summed E-state index contributed by atoms with van der Waals surface area (Å²) in [6, 6.07) is 6.58. The van der Waals surface area contributed by atoms with Crippen molar-refractivity contribution in [1.82, 2.24) is 20.4 Å². The average Bonchev–Trinajstić information content (AvgIpc) is 3.28. The summed E-state index contributed by atoms with van der Waals surface area (Å²) in [6.07, 6.45) is 1.91. The van der Waals surface area contributed by atoms with Crippen LogP contribution >= 0.6 is 11.6 Å². The number of benzene rings is 1. The summed E-state index contributed by atoms with van der Waals surface area (Å²) in [6.45, 7) is 1.74. The highest BCUT2D eigenvalue weighted by Gasteiger charge is 2.56. The summed E-state index contributed by atoms with van der Waals surface area (Å²) in [4.78, 5) is 30.1. The number of imide groups is 1. The van der Waals surface area contributed by atoms with Crippen molar-refractivity contribution in [2.45, 2.75) is 31.8 Å². The van der Waals surface area contributed by atoms with Crippen LogP contribution in [0.1, 0.15) is 25.7 Å². The molecule has 0 spiro atoms. The standard InChI is InChI=1S/C16H15ClN4O3/c1-16(10-4-5-10)14(22)21(15(23)19-16)8-12-18-13(20-24-12)9-2-6-11(17)7-3-9/h2-3,6-7,10H,4-5,8H2,1H3,(H,19,23). The number of aromatic nitrogens is 2. The van der Waals surface area contributed by atoms with E-state index in [2.05, 4.69) is 15.5 Å². The van der Waals surface area contributed by atoms with Crippen molar-refractivity contribution in [2.75, 3.05) is 0 Å². The third-order valence-corrected chi connectivity index (χ3v) is 4.81. The maximum Gasteiger partial charge on any atom is 0.325 e. The van der Waals surface area contributed by atoms with Crippen molar-refractivity contribution in [3.8, 4) is 11.4 Å². The van der Waals surface area contributed by atoms with E-state index in [1.54, 1.807) is 31.2 Å². The van der Waals surface area contributed by atoms with Crippen LogP contribution in [-0.4, -0.2) is 32.5 Å². The van der Waals surface area contributed by atoms with Crippen LogP contribution in [0.15, 0.2) is 28.8 Å². The van der Waals surface area contributed by atoms with Crippen LogP contribution in [0, 0.1) is 5.92 Å². The first-order valence-corrected chi connectivity index (χ1v) is 8.08. The minimum atomic E-state index is -0.809. The van der Waals surface area contributed by atoms with E-state index >= 15 is 0 Å². The Morgan fingerprint density at radius 1 is 1.33 bits per heavy atom. The lowest BCUT2D eigenvalue weighted by Gasteiger charge is -2.20. The van der Waals surface area contributed by atoms with Gasteiger partial charge in [0.05, 0.1) is 0 Å². The van der Waals surface area contributed by atoms with Gasteiger partial charge in [0.1, 0.15) is 12.1 Å². The quantitative estimate of drug-likeness (QED) is 0.860. The molecule has 1 atom stereocenters. The molecule has 124 valence electrons. The summed E-state index contributed by atoms with van der Waals surface area (Å²) < 4.78 is 5.18. The number of nitrogens with zero attached hydrogens (tertiary/aromatic N) is 3. The van der Waals surface area contributed by atoms with E-state index in [1.807, 2.05) is 0 Å². The van der Waals surface area contributed by atoms with Crippen molar-refractivity contribution < 1.29 is 14.1 Å². The molecule has 4 rings (SSSR count). The molecular formula is C16H15ClN4O3. The smallest absolute Gasteiger partial charge is 0.325 e. The molecule has 1 saturated heterocycles. The molecule has 7 nitrogen and oxygen atoms in total. The highest BCUT2D eigenvalue weighted by molar-refractivity contribution is 6.30. The van der Waals surface area contributed by atoms with Crippen LogP contribution in [-0.2, 0) is 11.3 Å². The van der Waals surface area contributed by atoms with E-state index in [4.69, 9.17) is 16.1 Å². The predicted octanol–water partition coefficient (Wildman–Crippen LogP) is 2.61. The summed E-state index contributed by atoms with van der Waals surface area (Å²) in [7, 11) is 0. The first kappa shape index (κ1) is 15.1. The first-order chi connectivity index (χ1) is 11.5. The summed E-state index contributed by atoms with van der Waals surface area (Å²) in [5.41, 5.74) is -0.0646. The Balaban J connectivity index is 1.53. The Bertz CT molecular complexity index is 815. The average molecular weight is 347 g/mol. The molecule has 0 radical (unpaired) electrons. The summed E-state index contributed by atoms with van der Waals surface area (Å²) in [5, 5.41) is 7.30. The molecule has 1 aromatic carbocycles. The minimum absolute atomic E-state index is 0.0342. The van der Waals surface area contributed by atoms with E-state index < -0.39 is 11.6 Å². The van der Waals surface area contributed by atoms with Crippen LogP contribution in [0.2, 0.25) is 5.02 Å². The molecule has 2 aliphatic rings. The van der Waals surface area contributed by atoms with Gasteiger partial charge < -0.3 is 9.84 Å². The van der Waals surface area contributed by atoms with Crippen molar-refractivity contribution in [3.63, 3.8) is 0 Å². The minimum Gasteiger partial charge on any atom is -0.337 e. The number of hydrogen-bond acceptors (Lipinski definition) is 5. The SMILES string of the molecule is CC1(C2CC2)NC(=O)N(Cc2nc(-c3ccc(Cl)cc3)no2)C1=O. The van der Waals surface area contributed by atoms with Crippen molar-refractivity contribution in [3.05, 3.63) is 35.2 Å². The second kappa shape index (κ2) is 5.31. The van der Waals surface area contributed by atoms with E-state index in [0.29, 0.717) is 10.8 Å². The zero-order valence-electron chi connectivity index (χ0n) is 13.0. The molecule has 3 amide bonds. The van der Waals surface area contributed by atoms with E-state index in [1.165, 1.54) is 0 Å². The monoisotopic (exact) mass is 346 g/mol. The normalized spacial score (nSPS) is 23.7. The lowest BCUT2D eigenvalue weighted by atomic mass is 9.96. The lowest BCUT2D eigenvalue weighted by molar-refractivity contribution is -0.132. The summed E-state index contributed by atoms with van der Waals surface area (Å²) in [5.74, 6) is 0.578. The molecule has 1 aromatic heterocycles. The maximum atomic E-state index is 12.6. The molecule has 1 N–H and O–H groups in total. The molecule has 24 heavy (non-hydrogen) atoms.